The predicted octanol–water partition coefficient (Wildman–Crippen LogP) is 3.48. The fraction of sp³-hybridized carbons (Fsp3) is 0.130. The van der Waals surface area contributed by atoms with Gasteiger partial charge in [0.15, 0.2) is 6.10 Å². The van der Waals surface area contributed by atoms with Gasteiger partial charge in [-0.1, -0.05) is 48.5 Å². The summed E-state index contributed by atoms with van der Waals surface area (Å²) in [5.74, 6) is -0.136. The third kappa shape index (κ3) is 4.21. The molecule has 1 heterocycles. The number of carbonyl (C=O) groups is 2. The summed E-state index contributed by atoms with van der Waals surface area (Å²) in [5, 5.41) is 3.12. The van der Waals surface area contributed by atoms with Gasteiger partial charge in [-0.25, -0.2) is 0 Å². The number of aromatic nitrogens is 1. The third-order valence-corrected chi connectivity index (χ3v) is 4.75. The maximum atomic E-state index is 12.3. The van der Waals surface area contributed by atoms with E-state index in [-0.39, 0.29) is 12.3 Å². The second-order valence-corrected chi connectivity index (χ2v) is 6.84. The Balaban J connectivity index is 1.31. The van der Waals surface area contributed by atoms with Crippen molar-refractivity contribution >= 4 is 33.5 Å². The molecule has 0 aliphatic rings. The minimum absolute atomic E-state index is 0.157. The first-order valence-electron chi connectivity index (χ1n) is 9.39. The van der Waals surface area contributed by atoms with Gasteiger partial charge in [0.25, 0.3) is 5.91 Å². The molecule has 4 aromatic rings. The van der Waals surface area contributed by atoms with Crippen molar-refractivity contribution in [3.63, 3.8) is 0 Å². The van der Waals surface area contributed by atoms with Crippen LogP contribution in [0.4, 0.5) is 0 Å². The molecule has 0 spiro atoms. The number of carbonyl (C=O) groups excluding carboxylic acids is 2. The number of fused-ring (bicyclic) bond motifs is 2. The molecule has 3 N–H and O–H groups in total. The Morgan fingerprint density at radius 3 is 2.59 bits per heavy atom. The Morgan fingerprint density at radius 2 is 1.72 bits per heavy atom. The standard InChI is InChI=1S/C23H21N3O3/c1-15(29-19-11-10-16-6-2-3-7-17(16)12-19)23(28)26-25-22(27)13-18-14-24-21-9-5-4-8-20(18)21/h2-12,14-15,24H,13H2,1H3,(H,25,27)(H,26,28). The van der Waals surface area contributed by atoms with Crippen LogP contribution >= 0.6 is 0 Å². The van der Waals surface area contributed by atoms with Gasteiger partial charge in [-0.05, 0) is 41.5 Å². The van der Waals surface area contributed by atoms with Crippen molar-refractivity contribution in [3.8, 4) is 5.75 Å². The molecular weight excluding hydrogens is 366 g/mol. The van der Waals surface area contributed by atoms with Gasteiger partial charge in [0.1, 0.15) is 5.75 Å². The first kappa shape index (κ1) is 18.6. The van der Waals surface area contributed by atoms with Crippen LogP contribution in [0.25, 0.3) is 21.7 Å². The van der Waals surface area contributed by atoms with Gasteiger partial charge in [-0.15, -0.1) is 0 Å². The lowest BCUT2D eigenvalue weighted by Gasteiger charge is -2.15. The third-order valence-electron chi connectivity index (χ3n) is 4.75. The molecule has 6 nitrogen and oxygen atoms in total. The lowest BCUT2D eigenvalue weighted by Crippen LogP contribution is -2.47. The number of benzene rings is 3. The molecule has 0 saturated carbocycles. The van der Waals surface area contributed by atoms with Crippen LogP contribution in [0.3, 0.4) is 0 Å². The number of rotatable bonds is 5. The SMILES string of the molecule is CC(Oc1ccc2ccccc2c1)C(=O)NNC(=O)Cc1c[nH]c2ccccc12. The van der Waals surface area contributed by atoms with E-state index in [0.717, 1.165) is 27.2 Å². The molecule has 1 unspecified atom stereocenters. The van der Waals surface area contributed by atoms with E-state index in [4.69, 9.17) is 4.74 Å². The van der Waals surface area contributed by atoms with Gasteiger partial charge in [0.2, 0.25) is 5.91 Å². The summed E-state index contributed by atoms with van der Waals surface area (Å²) in [7, 11) is 0. The number of hydrogen-bond donors (Lipinski definition) is 3. The van der Waals surface area contributed by atoms with Crippen LogP contribution in [0.5, 0.6) is 5.75 Å². The van der Waals surface area contributed by atoms with E-state index >= 15 is 0 Å². The van der Waals surface area contributed by atoms with E-state index in [2.05, 4.69) is 15.8 Å². The maximum Gasteiger partial charge on any atom is 0.279 e. The second-order valence-electron chi connectivity index (χ2n) is 6.84. The van der Waals surface area contributed by atoms with Crippen molar-refractivity contribution in [2.75, 3.05) is 0 Å². The summed E-state index contributed by atoms with van der Waals surface area (Å²) >= 11 is 0. The summed E-state index contributed by atoms with van der Waals surface area (Å²) in [6.45, 7) is 1.64. The van der Waals surface area contributed by atoms with Gasteiger partial charge in [0.05, 0.1) is 6.42 Å². The molecular formula is C23H21N3O3. The summed E-state index contributed by atoms with van der Waals surface area (Å²) in [6, 6.07) is 21.3. The number of nitrogens with one attached hydrogen (secondary N) is 3. The topological polar surface area (TPSA) is 83.2 Å². The Kier molecular flexibility index (Phi) is 5.16. The Bertz CT molecular complexity index is 1180. The molecule has 146 valence electrons. The number of aromatic amines is 1. The van der Waals surface area contributed by atoms with E-state index in [1.165, 1.54) is 0 Å². The van der Waals surface area contributed by atoms with Crippen LogP contribution in [0, 0.1) is 0 Å². The minimum Gasteiger partial charge on any atom is -0.481 e. The number of hydrogen-bond acceptors (Lipinski definition) is 3. The normalized spacial score (nSPS) is 11.9. The van der Waals surface area contributed by atoms with Crippen molar-refractivity contribution in [2.45, 2.75) is 19.4 Å². The molecule has 0 aliphatic heterocycles. The highest BCUT2D eigenvalue weighted by atomic mass is 16.5. The zero-order valence-corrected chi connectivity index (χ0v) is 15.9. The number of H-pyrrole nitrogens is 1. The highest BCUT2D eigenvalue weighted by Crippen LogP contribution is 2.21. The summed E-state index contributed by atoms with van der Waals surface area (Å²) in [4.78, 5) is 27.6. The molecule has 4 rings (SSSR count). The Morgan fingerprint density at radius 1 is 0.966 bits per heavy atom. The molecule has 0 radical (unpaired) electrons. The predicted molar refractivity (Wildman–Crippen MR) is 112 cm³/mol. The zero-order chi connectivity index (χ0) is 20.2. The van der Waals surface area contributed by atoms with E-state index in [9.17, 15) is 9.59 Å². The van der Waals surface area contributed by atoms with Crippen molar-refractivity contribution < 1.29 is 14.3 Å². The molecule has 3 aromatic carbocycles. The summed E-state index contributed by atoms with van der Waals surface area (Å²) in [5.41, 5.74) is 6.71. The van der Waals surface area contributed by atoms with Gasteiger partial charge in [0, 0.05) is 17.1 Å². The molecule has 6 heteroatoms. The van der Waals surface area contributed by atoms with Crippen molar-refractivity contribution in [2.24, 2.45) is 0 Å². The maximum absolute atomic E-state index is 12.3. The monoisotopic (exact) mass is 387 g/mol. The Labute approximate surface area is 167 Å². The summed E-state index contributed by atoms with van der Waals surface area (Å²) < 4.78 is 5.71. The molecule has 1 atom stereocenters. The highest BCUT2D eigenvalue weighted by molar-refractivity contribution is 5.90. The van der Waals surface area contributed by atoms with Crippen molar-refractivity contribution in [1.82, 2.24) is 15.8 Å². The van der Waals surface area contributed by atoms with Gasteiger partial charge < -0.3 is 9.72 Å². The van der Waals surface area contributed by atoms with Crippen LogP contribution in [-0.2, 0) is 16.0 Å². The van der Waals surface area contributed by atoms with Gasteiger partial charge >= 0.3 is 0 Å². The zero-order valence-electron chi connectivity index (χ0n) is 15.9. The van der Waals surface area contributed by atoms with Crippen LogP contribution < -0.4 is 15.6 Å². The Hall–Kier alpha value is -3.80. The first-order chi connectivity index (χ1) is 14.1. The van der Waals surface area contributed by atoms with E-state index < -0.39 is 12.0 Å². The van der Waals surface area contributed by atoms with Crippen LogP contribution in [0.1, 0.15) is 12.5 Å². The van der Waals surface area contributed by atoms with Crippen molar-refractivity contribution in [1.29, 1.82) is 0 Å². The first-order valence-corrected chi connectivity index (χ1v) is 9.39. The molecule has 0 saturated heterocycles. The van der Waals surface area contributed by atoms with E-state index in [1.54, 1.807) is 13.1 Å². The molecule has 0 fully saturated rings. The number of amides is 2. The van der Waals surface area contributed by atoms with Crippen LogP contribution in [0.15, 0.2) is 72.9 Å². The van der Waals surface area contributed by atoms with Gasteiger partial charge in [-0.2, -0.15) is 0 Å². The lowest BCUT2D eigenvalue weighted by molar-refractivity contribution is -0.132. The smallest absolute Gasteiger partial charge is 0.279 e. The number of ether oxygens (including phenoxy) is 1. The molecule has 0 bridgehead atoms. The fourth-order valence-corrected chi connectivity index (χ4v) is 3.23. The average Bonchev–Trinajstić information content (AvgIpc) is 3.14. The quantitative estimate of drug-likeness (QED) is 0.459. The fourth-order valence-electron chi connectivity index (χ4n) is 3.23. The molecule has 2 amide bonds. The largest absolute Gasteiger partial charge is 0.481 e. The van der Waals surface area contributed by atoms with Crippen LogP contribution in [0.2, 0.25) is 0 Å². The van der Waals surface area contributed by atoms with E-state index in [1.807, 2.05) is 66.7 Å². The summed E-state index contributed by atoms with van der Waals surface area (Å²) in [6.07, 6.45) is 1.20. The lowest BCUT2D eigenvalue weighted by atomic mass is 10.1. The molecule has 1 aromatic heterocycles. The number of hydrazine groups is 1. The van der Waals surface area contributed by atoms with Crippen LogP contribution in [-0.4, -0.2) is 22.9 Å². The second kappa shape index (κ2) is 8.06. The number of para-hydroxylation sites is 1. The molecule has 0 aliphatic carbocycles. The van der Waals surface area contributed by atoms with Crippen molar-refractivity contribution in [3.05, 3.63) is 78.5 Å². The highest BCUT2D eigenvalue weighted by Gasteiger charge is 2.16. The van der Waals surface area contributed by atoms with Gasteiger partial charge in [-0.3, -0.25) is 20.4 Å². The molecule has 29 heavy (non-hydrogen) atoms. The average molecular weight is 387 g/mol. The minimum atomic E-state index is -0.760. The van der Waals surface area contributed by atoms with E-state index in [0.29, 0.717) is 5.75 Å².